The quantitative estimate of drug-likeness (QED) is 0.463. The molecule has 0 saturated heterocycles. The van der Waals surface area contributed by atoms with Crippen LogP contribution in [0.4, 0.5) is 0 Å². The van der Waals surface area contributed by atoms with Gasteiger partial charge in [0, 0.05) is 17.9 Å². The first-order valence-electron chi connectivity index (χ1n) is 5.80. The molecule has 0 heterocycles. The standard InChI is InChI=1S/C15H17ClO2/c1-15(2,3)18-14(17)13-9-6-8-12(11-13)7-4-5-10-16/h6,8-9,11H,5,10H2,1-3H3. The van der Waals surface area contributed by atoms with E-state index in [9.17, 15) is 4.79 Å². The van der Waals surface area contributed by atoms with Crippen molar-refractivity contribution in [1.29, 1.82) is 0 Å². The summed E-state index contributed by atoms with van der Waals surface area (Å²) in [6.45, 7) is 5.53. The van der Waals surface area contributed by atoms with Gasteiger partial charge >= 0.3 is 5.97 Å². The summed E-state index contributed by atoms with van der Waals surface area (Å²) < 4.78 is 5.30. The second-order valence-corrected chi connectivity index (χ2v) is 5.20. The normalized spacial score (nSPS) is 10.4. The van der Waals surface area contributed by atoms with Crippen molar-refractivity contribution in [2.45, 2.75) is 32.8 Å². The van der Waals surface area contributed by atoms with E-state index in [0.717, 1.165) is 5.56 Å². The third kappa shape index (κ3) is 5.25. The van der Waals surface area contributed by atoms with Crippen LogP contribution in [0.2, 0.25) is 0 Å². The molecule has 0 fully saturated rings. The molecule has 0 aliphatic heterocycles. The number of hydrogen-bond donors (Lipinski definition) is 0. The van der Waals surface area contributed by atoms with E-state index in [-0.39, 0.29) is 5.97 Å². The van der Waals surface area contributed by atoms with Crippen LogP contribution in [0, 0.1) is 11.8 Å². The molecule has 1 rings (SSSR count). The Balaban J connectivity index is 2.83. The Labute approximate surface area is 113 Å². The molecule has 0 radical (unpaired) electrons. The Bertz CT molecular complexity index is 475. The third-order valence-corrected chi connectivity index (χ3v) is 2.14. The van der Waals surface area contributed by atoms with Gasteiger partial charge in [0.05, 0.1) is 5.56 Å². The molecule has 1 aromatic carbocycles. The van der Waals surface area contributed by atoms with Gasteiger partial charge < -0.3 is 4.74 Å². The van der Waals surface area contributed by atoms with E-state index in [1.165, 1.54) is 0 Å². The molecule has 96 valence electrons. The van der Waals surface area contributed by atoms with Gasteiger partial charge in [-0.15, -0.1) is 11.6 Å². The molecular formula is C15H17ClO2. The fourth-order valence-electron chi connectivity index (χ4n) is 1.27. The maximum Gasteiger partial charge on any atom is 0.338 e. The smallest absolute Gasteiger partial charge is 0.338 e. The number of benzene rings is 1. The Morgan fingerprint density at radius 3 is 2.72 bits per heavy atom. The van der Waals surface area contributed by atoms with E-state index >= 15 is 0 Å². The van der Waals surface area contributed by atoms with Crippen molar-refractivity contribution in [3.63, 3.8) is 0 Å². The zero-order valence-electron chi connectivity index (χ0n) is 10.9. The largest absolute Gasteiger partial charge is 0.456 e. The molecule has 0 unspecified atom stereocenters. The SMILES string of the molecule is CC(C)(C)OC(=O)c1cccc(C#CCCCl)c1. The lowest BCUT2D eigenvalue weighted by Crippen LogP contribution is -2.23. The van der Waals surface area contributed by atoms with Crippen LogP contribution in [0.5, 0.6) is 0 Å². The van der Waals surface area contributed by atoms with Crippen LogP contribution in [0.15, 0.2) is 24.3 Å². The van der Waals surface area contributed by atoms with Crippen molar-refractivity contribution in [2.24, 2.45) is 0 Å². The lowest BCUT2D eigenvalue weighted by molar-refractivity contribution is 0.00695. The minimum absolute atomic E-state index is 0.330. The van der Waals surface area contributed by atoms with Crippen molar-refractivity contribution < 1.29 is 9.53 Å². The van der Waals surface area contributed by atoms with Gasteiger partial charge in [0.25, 0.3) is 0 Å². The van der Waals surface area contributed by atoms with Gasteiger partial charge in [-0.05, 0) is 39.0 Å². The summed E-state index contributed by atoms with van der Waals surface area (Å²) in [7, 11) is 0. The summed E-state index contributed by atoms with van der Waals surface area (Å²) in [4.78, 5) is 11.9. The molecule has 0 N–H and O–H groups in total. The number of carbonyl (C=O) groups excluding carboxylic acids is 1. The van der Waals surface area contributed by atoms with Crippen LogP contribution in [0.3, 0.4) is 0 Å². The molecule has 18 heavy (non-hydrogen) atoms. The van der Waals surface area contributed by atoms with Gasteiger partial charge in [-0.2, -0.15) is 0 Å². The molecule has 0 saturated carbocycles. The summed E-state index contributed by atoms with van der Waals surface area (Å²) in [5.41, 5.74) is 0.822. The Morgan fingerprint density at radius 1 is 1.39 bits per heavy atom. The molecule has 0 spiro atoms. The van der Waals surface area contributed by atoms with Gasteiger partial charge in [-0.3, -0.25) is 0 Å². The summed E-state index contributed by atoms with van der Waals surface area (Å²) in [5.74, 6) is 6.08. The average Bonchev–Trinajstić information content (AvgIpc) is 2.27. The van der Waals surface area contributed by atoms with E-state index in [1.54, 1.807) is 18.2 Å². The minimum atomic E-state index is -0.489. The number of hydrogen-bond acceptors (Lipinski definition) is 2. The molecule has 1 aromatic rings. The first kappa shape index (κ1) is 14.6. The van der Waals surface area contributed by atoms with E-state index in [4.69, 9.17) is 16.3 Å². The fraction of sp³-hybridized carbons (Fsp3) is 0.400. The lowest BCUT2D eigenvalue weighted by Gasteiger charge is -2.19. The Kier molecular flexibility index (Phi) is 5.25. The number of carbonyl (C=O) groups is 1. The third-order valence-electron chi connectivity index (χ3n) is 1.95. The first-order valence-corrected chi connectivity index (χ1v) is 6.34. The molecular weight excluding hydrogens is 248 g/mol. The predicted octanol–water partition coefficient (Wildman–Crippen LogP) is 3.62. The number of alkyl halides is 1. The highest BCUT2D eigenvalue weighted by Crippen LogP contribution is 2.13. The summed E-state index contributed by atoms with van der Waals surface area (Å²) in [5, 5.41) is 0. The number of halogens is 1. The number of rotatable bonds is 2. The fourth-order valence-corrected chi connectivity index (χ4v) is 1.37. The Morgan fingerprint density at radius 2 is 2.11 bits per heavy atom. The molecule has 0 bridgehead atoms. The van der Waals surface area contributed by atoms with Crippen LogP contribution in [0.25, 0.3) is 0 Å². The van der Waals surface area contributed by atoms with E-state index in [0.29, 0.717) is 17.9 Å². The number of esters is 1. The van der Waals surface area contributed by atoms with Gasteiger partial charge in [0.2, 0.25) is 0 Å². The van der Waals surface area contributed by atoms with Crippen molar-refractivity contribution in [1.82, 2.24) is 0 Å². The van der Waals surface area contributed by atoms with Gasteiger partial charge in [-0.25, -0.2) is 4.79 Å². The lowest BCUT2D eigenvalue weighted by atomic mass is 10.1. The molecule has 0 aromatic heterocycles. The van der Waals surface area contributed by atoms with Gasteiger partial charge in [-0.1, -0.05) is 17.9 Å². The van der Waals surface area contributed by atoms with Crippen molar-refractivity contribution in [3.05, 3.63) is 35.4 Å². The maximum atomic E-state index is 11.9. The molecule has 0 amide bonds. The highest BCUT2D eigenvalue weighted by atomic mass is 35.5. The molecule has 2 nitrogen and oxygen atoms in total. The van der Waals surface area contributed by atoms with Crippen LogP contribution in [-0.4, -0.2) is 17.5 Å². The molecule has 0 aliphatic carbocycles. The molecule has 0 atom stereocenters. The van der Waals surface area contributed by atoms with Crippen molar-refractivity contribution >= 4 is 17.6 Å². The summed E-state index contributed by atoms with van der Waals surface area (Å²) >= 11 is 5.55. The van der Waals surface area contributed by atoms with Crippen molar-refractivity contribution in [2.75, 3.05) is 5.88 Å². The summed E-state index contributed by atoms with van der Waals surface area (Å²) in [6, 6.07) is 7.11. The van der Waals surface area contributed by atoms with Crippen LogP contribution < -0.4 is 0 Å². The monoisotopic (exact) mass is 264 g/mol. The van der Waals surface area contributed by atoms with E-state index < -0.39 is 5.60 Å². The zero-order valence-corrected chi connectivity index (χ0v) is 11.7. The topological polar surface area (TPSA) is 26.3 Å². The van der Waals surface area contributed by atoms with Gasteiger partial charge in [0.15, 0.2) is 0 Å². The highest BCUT2D eigenvalue weighted by molar-refractivity contribution is 6.18. The highest BCUT2D eigenvalue weighted by Gasteiger charge is 2.17. The molecule has 0 aliphatic rings. The predicted molar refractivity (Wildman–Crippen MR) is 73.8 cm³/mol. The van der Waals surface area contributed by atoms with E-state index in [2.05, 4.69) is 11.8 Å². The molecule has 3 heteroatoms. The van der Waals surface area contributed by atoms with Gasteiger partial charge in [0.1, 0.15) is 5.60 Å². The minimum Gasteiger partial charge on any atom is -0.456 e. The average molecular weight is 265 g/mol. The van der Waals surface area contributed by atoms with E-state index in [1.807, 2.05) is 26.8 Å². The Hall–Kier alpha value is -1.46. The summed E-state index contributed by atoms with van der Waals surface area (Å²) in [6.07, 6.45) is 0.637. The van der Waals surface area contributed by atoms with Crippen LogP contribution in [-0.2, 0) is 4.74 Å². The van der Waals surface area contributed by atoms with Crippen LogP contribution in [0.1, 0.15) is 43.1 Å². The second kappa shape index (κ2) is 6.47. The second-order valence-electron chi connectivity index (χ2n) is 4.82. The zero-order chi connectivity index (χ0) is 13.6. The maximum absolute atomic E-state index is 11.9. The van der Waals surface area contributed by atoms with Crippen LogP contribution >= 0.6 is 11.6 Å². The first-order chi connectivity index (χ1) is 8.42. The van der Waals surface area contributed by atoms with Crippen molar-refractivity contribution in [3.8, 4) is 11.8 Å². The number of ether oxygens (including phenoxy) is 1.